The highest BCUT2D eigenvalue weighted by atomic mass is 16.3. The van der Waals surface area contributed by atoms with E-state index in [1.807, 2.05) is 0 Å². The van der Waals surface area contributed by atoms with E-state index in [0.717, 1.165) is 25.2 Å². The fourth-order valence-electron chi connectivity index (χ4n) is 2.99. The molecule has 2 aliphatic rings. The van der Waals surface area contributed by atoms with Gasteiger partial charge in [0, 0.05) is 0 Å². The molecule has 12 heavy (non-hydrogen) atoms. The van der Waals surface area contributed by atoms with Gasteiger partial charge in [-0.2, -0.15) is 0 Å². The molecule has 0 radical (unpaired) electrons. The first-order chi connectivity index (χ1) is 5.79. The Morgan fingerprint density at radius 1 is 0.917 bits per heavy atom. The second kappa shape index (κ2) is 3.37. The first-order valence-electron chi connectivity index (χ1n) is 5.51. The smallest absolute Gasteiger partial charge is 0.0650 e. The topological polar surface area (TPSA) is 20.2 Å². The predicted octanol–water partition coefficient (Wildman–Crippen LogP) is 2.87. The molecule has 0 aliphatic heterocycles. The van der Waals surface area contributed by atoms with Crippen molar-refractivity contribution in [3.05, 3.63) is 0 Å². The van der Waals surface area contributed by atoms with Crippen LogP contribution in [-0.2, 0) is 0 Å². The second-order valence-corrected chi connectivity index (χ2v) is 4.79. The highest BCUT2D eigenvalue weighted by molar-refractivity contribution is 4.86. The summed E-state index contributed by atoms with van der Waals surface area (Å²) in [5, 5.41) is 10.3. The third-order valence-electron chi connectivity index (χ3n) is 3.68. The van der Waals surface area contributed by atoms with E-state index in [1.165, 1.54) is 38.5 Å². The molecule has 0 aromatic rings. The van der Waals surface area contributed by atoms with E-state index < -0.39 is 0 Å². The number of fused-ring (bicyclic) bond motifs is 2. The Bertz CT molecular complexity index is 141. The molecule has 70 valence electrons. The lowest BCUT2D eigenvalue weighted by molar-refractivity contribution is 0.0107. The van der Waals surface area contributed by atoms with Crippen molar-refractivity contribution in [1.82, 2.24) is 0 Å². The molecule has 1 nitrogen and oxygen atoms in total. The van der Waals surface area contributed by atoms with Gasteiger partial charge >= 0.3 is 0 Å². The summed E-state index contributed by atoms with van der Waals surface area (Å²) < 4.78 is 0. The van der Waals surface area contributed by atoms with Crippen LogP contribution in [-0.4, -0.2) is 10.7 Å². The lowest BCUT2D eigenvalue weighted by Crippen LogP contribution is -2.28. The molecular formula is C11H20O. The average Bonchev–Trinajstić information content (AvgIpc) is 2.33. The molecule has 0 atom stereocenters. The van der Waals surface area contributed by atoms with Gasteiger partial charge in [-0.25, -0.2) is 0 Å². The summed E-state index contributed by atoms with van der Waals surface area (Å²) in [5.74, 6) is 0.847. The van der Waals surface area contributed by atoms with Crippen molar-refractivity contribution in [2.45, 2.75) is 63.4 Å². The Balaban J connectivity index is 2.08. The molecule has 0 saturated heterocycles. The number of aliphatic hydroxyl groups is 1. The minimum Gasteiger partial charge on any atom is -0.390 e. The van der Waals surface area contributed by atoms with E-state index in [2.05, 4.69) is 0 Å². The first-order valence-corrected chi connectivity index (χ1v) is 5.51. The zero-order valence-corrected chi connectivity index (χ0v) is 7.89. The van der Waals surface area contributed by atoms with Gasteiger partial charge in [0.05, 0.1) is 5.60 Å². The summed E-state index contributed by atoms with van der Waals surface area (Å²) in [4.78, 5) is 0. The molecule has 2 rings (SSSR count). The van der Waals surface area contributed by atoms with Crippen LogP contribution in [0.5, 0.6) is 0 Å². The zero-order valence-electron chi connectivity index (χ0n) is 7.89. The lowest BCUT2D eigenvalue weighted by Gasteiger charge is -2.26. The highest BCUT2D eigenvalue weighted by Crippen LogP contribution is 2.39. The fourth-order valence-corrected chi connectivity index (χ4v) is 2.99. The lowest BCUT2D eigenvalue weighted by atomic mass is 9.88. The monoisotopic (exact) mass is 168 g/mol. The van der Waals surface area contributed by atoms with Crippen LogP contribution in [0.2, 0.25) is 0 Å². The van der Waals surface area contributed by atoms with Crippen LogP contribution in [0.15, 0.2) is 0 Å². The maximum Gasteiger partial charge on any atom is 0.0650 e. The summed E-state index contributed by atoms with van der Waals surface area (Å²) in [6.45, 7) is 0. The molecule has 0 aromatic carbocycles. The van der Waals surface area contributed by atoms with Gasteiger partial charge in [0.1, 0.15) is 0 Å². The van der Waals surface area contributed by atoms with Crippen molar-refractivity contribution in [2.24, 2.45) is 5.92 Å². The summed E-state index contributed by atoms with van der Waals surface area (Å²) in [6.07, 6.45) is 11.2. The van der Waals surface area contributed by atoms with Gasteiger partial charge in [0.25, 0.3) is 0 Å². The van der Waals surface area contributed by atoms with Crippen LogP contribution < -0.4 is 0 Å². The van der Waals surface area contributed by atoms with Gasteiger partial charge in [-0.15, -0.1) is 0 Å². The van der Waals surface area contributed by atoms with E-state index in [1.54, 1.807) is 0 Å². The van der Waals surface area contributed by atoms with E-state index in [-0.39, 0.29) is 5.60 Å². The maximum absolute atomic E-state index is 10.3. The molecule has 0 aromatic heterocycles. The summed E-state index contributed by atoms with van der Waals surface area (Å²) in [7, 11) is 0. The maximum atomic E-state index is 10.3. The summed E-state index contributed by atoms with van der Waals surface area (Å²) in [5.41, 5.74) is -0.252. The quantitative estimate of drug-likeness (QED) is 0.589. The van der Waals surface area contributed by atoms with Crippen LogP contribution in [0.4, 0.5) is 0 Å². The van der Waals surface area contributed by atoms with Crippen molar-refractivity contribution >= 4 is 0 Å². The Labute approximate surface area is 75.2 Å². The second-order valence-electron chi connectivity index (χ2n) is 4.79. The molecule has 2 aliphatic carbocycles. The standard InChI is InChI=1S/C11H20O/c12-11-7-3-1-5-10(9-11)6-2-4-8-11/h10,12H,1-9H2. The normalized spacial score (nSPS) is 43.2. The fraction of sp³-hybridized carbons (Fsp3) is 1.00. The zero-order chi connectivity index (χ0) is 8.44. The largest absolute Gasteiger partial charge is 0.390 e. The van der Waals surface area contributed by atoms with Gasteiger partial charge in [-0.05, 0) is 25.2 Å². The van der Waals surface area contributed by atoms with Crippen LogP contribution in [0.1, 0.15) is 57.8 Å². The van der Waals surface area contributed by atoms with Crippen LogP contribution in [0.3, 0.4) is 0 Å². The molecule has 1 N–H and O–H groups in total. The Hall–Kier alpha value is -0.0400. The minimum absolute atomic E-state index is 0.252. The Kier molecular flexibility index (Phi) is 2.40. The van der Waals surface area contributed by atoms with Crippen molar-refractivity contribution in [1.29, 1.82) is 0 Å². The number of hydrogen-bond donors (Lipinski definition) is 1. The van der Waals surface area contributed by atoms with Gasteiger partial charge in [-0.1, -0.05) is 38.5 Å². The van der Waals surface area contributed by atoms with Crippen molar-refractivity contribution in [3.8, 4) is 0 Å². The highest BCUT2D eigenvalue weighted by Gasteiger charge is 2.33. The van der Waals surface area contributed by atoms with E-state index in [4.69, 9.17) is 0 Å². The molecule has 0 heterocycles. The molecule has 0 amide bonds. The molecule has 2 bridgehead atoms. The molecule has 2 saturated carbocycles. The van der Waals surface area contributed by atoms with Gasteiger partial charge in [0.2, 0.25) is 0 Å². The first kappa shape index (κ1) is 8.55. The van der Waals surface area contributed by atoms with Gasteiger partial charge in [-0.3, -0.25) is 0 Å². The van der Waals surface area contributed by atoms with Crippen molar-refractivity contribution in [3.63, 3.8) is 0 Å². The predicted molar refractivity (Wildman–Crippen MR) is 50.0 cm³/mol. The van der Waals surface area contributed by atoms with E-state index in [9.17, 15) is 5.11 Å². The van der Waals surface area contributed by atoms with E-state index >= 15 is 0 Å². The van der Waals surface area contributed by atoms with Crippen LogP contribution in [0.25, 0.3) is 0 Å². The third-order valence-corrected chi connectivity index (χ3v) is 3.68. The van der Waals surface area contributed by atoms with Crippen molar-refractivity contribution in [2.75, 3.05) is 0 Å². The van der Waals surface area contributed by atoms with Crippen LogP contribution in [0, 0.1) is 5.92 Å². The summed E-state index contributed by atoms with van der Waals surface area (Å²) in [6, 6.07) is 0. The molecule has 1 heteroatoms. The van der Waals surface area contributed by atoms with Crippen LogP contribution >= 0.6 is 0 Å². The molecule has 0 unspecified atom stereocenters. The Morgan fingerprint density at radius 2 is 1.50 bits per heavy atom. The SMILES string of the molecule is OC12CCCCC(CCCC1)C2. The third kappa shape index (κ3) is 1.82. The molecule has 2 fully saturated rings. The molecular weight excluding hydrogens is 148 g/mol. The average molecular weight is 168 g/mol. The summed E-state index contributed by atoms with van der Waals surface area (Å²) >= 11 is 0. The minimum atomic E-state index is -0.252. The molecule has 0 spiro atoms. The van der Waals surface area contributed by atoms with Crippen molar-refractivity contribution < 1.29 is 5.11 Å². The number of hydrogen-bond acceptors (Lipinski definition) is 1. The van der Waals surface area contributed by atoms with Gasteiger partial charge in [0.15, 0.2) is 0 Å². The van der Waals surface area contributed by atoms with Gasteiger partial charge < -0.3 is 5.11 Å². The van der Waals surface area contributed by atoms with E-state index in [0.29, 0.717) is 0 Å². The Morgan fingerprint density at radius 3 is 2.08 bits per heavy atom. The number of rotatable bonds is 0.